The molecule has 0 radical (unpaired) electrons. The smallest absolute Gasteiger partial charge is 0.356 e. The second-order valence-electron chi connectivity index (χ2n) is 7.66. The molecule has 0 aliphatic carbocycles. The number of alkyl halides is 3. The fourth-order valence-electron chi connectivity index (χ4n) is 3.21. The quantitative estimate of drug-likeness (QED) is 0.370. The van der Waals surface area contributed by atoms with Gasteiger partial charge in [0.2, 0.25) is 0 Å². The van der Waals surface area contributed by atoms with Gasteiger partial charge in [0.05, 0.1) is 6.54 Å². The van der Waals surface area contributed by atoms with Crippen molar-refractivity contribution in [1.82, 2.24) is 15.5 Å². The van der Waals surface area contributed by atoms with Gasteiger partial charge in [0, 0.05) is 38.1 Å². The summed E-state index contributed by atoms with van der Waals surface area (Å²) in [5, 5.41) is 6.56. The van der Waals surface area contributed by atoms with Crippen molar-refractivity contribution in [3.05, 3.63) is 35.4 Å². The van der Waals surface area contributed by atoms with Crippen LogP contribution in [0.15, 0.2) is 29.3 Å². The minimum absolute atomic E-state index is 0. The minimum Gasteiger partial charge on any atom is -0.356 e. The molecule has 2 N–H and O–H groups in total. The van der Waals surface area contributed by atoms with Crippen molar-refractivity contribution in [2.24, 2.45) is 4.99 Å². The van der Waals surface area contributed by atoms with Gasteiger partial charge in [0.25, 0.3) is 0 Å². The normalized spacial score (nSPS) is 18.9. The fraction of sp³-hybridized carbons (Fsp3) is 0.632. The number of rotatable bonds is 5. The molecule has 1 aromatic carbocycles. The lowest BCUT2D eigenvalue weighted by Gasteiger charge is -2.28. The molecule has 27 heavy (non-hydrogen) atoms. The van der Waals surface area contributed by atoms with E-state index in [-0.39, 0.29) is 35.4 Å². The zero-order valence-electron chi connectivity index (χ0n) is 16.4. The van der Waals surface area contributed by atoms with E-state index in [1.54, 1.807) is 7.05 Å². The third-order valence-corrected chi connectivity index (χ3v) is 4.74. The van der Waals surface area contributed by atoms with Gasteiger partial charge in [-0.2, -0.15) is 13.2 Å². The van der Waals surface area contributed by atoms with Crippen molar-refractivity contribution in [1.29, 1.82) is 0 Å². The molecule has 1 aliphatic rings. The number of nitrogens with one attached hydrogen (secondary N) is 2. The van der Waals surface area contributed by atoms with Crippen molar-refractivity contribution in [2.75, 3.05) is 33.2 Å². The lowest BCUT2D eigenvalue weighted by atomic mass is 9.84. The first-order valence-corrected chi connectivity index (χ1v) is 8.92. The third kappa shape index (κ3) is 7.85. The summed E-state index contributed by atoms with van der Waals surface area (Å²) in [6.07, 6.45) is -3.47. The lowest BCUT2D eigenvalue weighted by Crippen LogP contribution is -2.48. The first-order valence-electron chi connectivity index (χ1n) is 8.92. The molecule has 2 rings (SSSR count). The summed E-state index contributed by atoms with van der Waals surface area (Å²) >= 11 is 0. The van der Waals surface area contributed by atoms with Gasteiger partial charge >= 0.3 is 6.18 Å². The van der Waals surface area contributed by atoms with Gasteiger partial charge in [0.1, 0.15) is 0 Å². The molecule has 0 bridgehead atoms. The van der Waals surface area contributed by atoms with Crippen molar-refractivity contribution in [3.8, 4) is 0 Å². The third-order valence-electron chi connectivity index (χ3n) is 4.74. The molecule has 0 spiro atoms. The highest BCUT2D eigenvalue weighted by atomic mass is 127. The number of halogens is 4. The van der Waals surface area contributed by atoms with Gasteiger partial charge in [-0.3, -0.25) is 9.89 Å². The van der Waals surface area contributed by atoms with E-state index in [9.17, 15) is 13.2 Å². The Morgan fingerprint density at radius 2 is 2.00 bits per heavy atom. The van der Waals surface area contributed by atoms with Crippen molar-refractivity contribution in [3.63, 3.8) is 0 Å². The van der Waals surface area contributed by atoms with Crippen LogP contribution in [-0.4, -0.2) is 56.3 Å². The van der Waals surface area contributed by atoms with E-state index in [2.05, 4.69) is 54.6 Å². The molecule has 4 nitrogen and oxygen atoms in total. The van der Waals surface area contributed by atoms with E-state index in [1.807, 2.05) is 6.07 Å². The maximum absolute atomic E-state index is 12.5. The zero-order chi connectivity index (χ0) is 19.4. The number of nitrogens with zero attached hydrogens (tertiary/aromatic N) is 2. The molecule has 0 amide bonds. The molecule has 1 atom stereocenters. The number of aliphatic imine (C=N–C) groups is 1. The Hall–Kier alpha value is -1.03. The summed E-state index contributed by atoms with van der Waals surface area (Å²) in [4.78, 5) is 5.65. The van der Waals surface area contributed by atoms with Crippen LogP contribution in [0.3, 0.4) is 0 Å². The minimum atomic E-state index is -4.15. The molecule has 1 unspecified atom stereocenters. The summed E-state index contributed by atoms with van der Waals surface area (Å²) in [5.41, 5.74) is 2.35. The number of guanidine groups is 1. The standard InChI is InChI=1S/C19H29F3N4.HI/c1-14-6-5-7-15(10-14)18(2,3)12-24-17(23-4)25-16-8-9-26(11-16)13-19(20,21)22;/h5-7,10,16H,8-9,11-13H2,1-4H3,(H2,23,24,25);1H. The predicted molar refractivity (Wildman–Crippen MR) is 115 cm³/mol. The SMILES string of the molecule is CN=C(NCC(C)(C)c1cccc(C)c1)NC1CCN(CC(F)(F)F)C1.I. The van der Waals surface area contributed by atoms with Crippen LogP contribution in [0.25, 0.3) is 0 Å². The number of benzene rings is 1. The fourth-order valence-corrected chi connectivity index (χ4v) is 3.21. The average Bonchev–Trinajstić information content (AvgIpc) is 2.96. The molecule has 0 saturated carbocycles. The molecule has 154 valence electrons. The highest BCUT2D eigenvalue weighted by Crippen LogP contribution is 2.23. The highest BCUT2D eigenvalue weighted by Gasteiger charge is 2.34. The van der Waals surface area contributed by atoms with Crippen LogP contribution in [0.1, 0.15) is 31.4 Å². The molecule has 1 aliphatic heterocycles. The van der Waals surface area contributed by atoms with Crippen LogP contribution in [-0.2, 0) is 5.41 Å². The van der Waals surface area contributed by atoms with Gasteiger partial charge in [-0.15, -0.1) is 24.0 Å². The van der Waals surface area contributed by atoms with E-state index in [1.165, 1.54) is 16.0 Å². The van der Waals surface area contributed by atoms with Crippen LogP contribution in [0.5, 0.6) is 0 Å². The number of likely N-dealkylation sites (tertiary alicyclic amines) is 1. The van der Waals surface area contributed by atoms with Crippen LogP contribution in [0, 0.1) is 6.92 Å². The maximum atomic E-state index is 12.5. The Kier molecular flexibility index (Phi) is 8.85. The first kappa shape index (κ1) is 24.0. The van der Waals surface area contributed by atoms with Crippen LogP contribution in [0.2, 0.25) is 0 Å². The van der Waals surface area contributed by atoms with E-state index in [0.717, 1.165) is 0 Å². The second-order valence-corrected chi connectivity index (χ2v) is 7.66. The molecule has 1 heterocycles. The van der Waals surface area contributed by atoms with Gasteiger partial charge in [-0.05, 0) is 18.9 Å². The Bertz CT molecular complexity index is 632. The van der Waals surface area contributed by atoms with E-state index in [0.29, 0.717) is 32.0 Å². The molecule has 1 fully saturated rings. The monoisotopic (exact) mass is 498 g/mol. The Morgan fingerprint density at radius 1 is 1.30 bits per heavy atom. The Morgan fingerprint density at radius 3 is 2.59 bits per heavy atom. The van der Waals surface area contributed by atoms with Crippen molar-refractivity contribution in [2.45, 2.75) is 44.8 Å². The molecule has 1 aromatic rings. The summed E-state index contributed by atoms with van der Waals surface area (Å²) in [5.74, 6) is 0.629. The summed E-state index contributed by atoms with van der Waals surface area (Å²) in [7, 11) is 1.68. The Labute approximate surface area is 177 Å². The van der Waals surface area contributed by atoms with Gasteiger partial charge in [-0.1, -0.05) is 43.7 Å². The molecular formula is C19H30F3IN4. The van der Waals surface area contributed by atoms with Crippen molar-refractivity contribution >= 4 is 29.9 Å². The maximum Gasteiger partial charge on any atom is 0.401 e. The lowest BCUT2D eigenvalue weighted by molar-refractivity contribution is -0.143. The second kappa shape index (κ2) is 9.95. The van der Waals surface area contributed by atoms with Crippen LogP contribution >= 0.6 is 24.0 Å². The van der Waals surface area contributed by atoms with Crippen molar-refractivity contribution < 1.29 is 13.2 Å². The van der Waals surface area contributed by atoms with Crippen LogP contribution in [0.4, 0.5) is 13.2 Å². The van der Waals surface area contributed by atoms with E-state index in [4.69, 9.17) is 0 Å². The van der Waals surface area contributed by atoms with E-state index >= 15 is 0 Å². The molecule has 1 saturated heterocycles. The van der Waals surface area contributed by atoms with E-state index < -0.39 is 12.7 Å². The summed E-state index contributed by atoms with van der Waals surface area (Å²) in [6, 6.07) is 8.37. The first-order chi connectivity index (χ1) is 12.1. The zero-order valence-corrected chi connectivity index (χ0v) is 18.7. The topological polar surface area (TPSA) is 39.7 Å². The average molecular weight is 498 g/mol. The highest BCUT2D eigenvalue weighted by molar-refractivity contribution is 14.0. The van der Waals surface area contributed by atoms with Gasteiger partial charge in [-0.25, -0.2) is 0 Å². The predicted octanol–water partition coefficient (Wildman–Crippen LogP) is 3.69. The van der Waals surface area contributed by atoms with Crippen LogP contribution < -0.4 is 10.6 Å². The largest absolute Gasteiger partial charge is 0.401 e. The number of aryl methyl sites for hydroxylation is 1. The molecule has 8 heteroatoms. The number of hydrogen-bond acceptors (Lipinski definition) is 2. The number of hydrogen-bond donors (Lipinski definition) is 2. The molecule has 0 aromatic heterocycles. The Balaban J connectivity index is 0.00000364. The van der Waals surface area contributed by atoms with Gasteiger partial charge in [0.15, 0.2) is 5.96 Å². The molecular weight excluding hydrogens is 468 g/mol. The summed E-state index contributed by atoms with van der Waals surface area (Å²) < 4.78 is 37.5. The van der Waals surface area contributed by atoms with Gasteiger partial charge < -0.3 is 10.6 Å². The summed E-state index contributed by atoms with van der Waals surface area (Å²) in [6.45, 7) is 7.03.